The third-order valence-electron chi connectivity index (χ3n) is 3.93. The first-order chi connectivity index (χ1) is 14.2. The highest BCUT2D eigenvalue weighted by molar-refractivity contribution is 6.32. The largest absolute Gasteiger partial charge is 0.477 e. The highest BCUT2D eigenvalue weighted by atomic mass is 35.5. The van der Waals surface area contributed by atoms with E-state index in [0.29, 0.717) is 12.8 Å². The Hall–Kier alpha value is -2.92. The van der Waals surface area contributed by atoms with Gasteiger partial charge in [0.25, 0.3) is 0 Å². The van der Waals surface area contributed by atoms with Gasteiger partial charge >= 0.3 is 12.1 Å². The Morgan fingerprint density at radius 3 is 2.47 bits per heavy atom. The van der Waals surface area contributed by atoms with Gasteiger partial charge < -0.3 is 14.2 Å². The van der Waals surface area contributed by atoms with Gasteiger partial charge in [-0.1, -0.05) is 24.9 Å². The van der Waals surface area contributed by atoms with Crippen LogP contribution >= 0.6 is 11.6 Å². The van der Waals surface area contributed by atoms with Gasteiger partial charge in [0.05, 0.1) is 22.8 Å². The lowest BCUT2D eigenvalue weighted by Crippen LogP contribution is -2.29. The molecule has 0 aromatic heterocycles. The lowest BCUT2D eigenvalue weighted by molar-refractivity contribution is -0.151. The topological polar surface area (TPSA) is 68.5 Å². The predicted octanol–water partition coefficient (Wildman–Crippen LogP) is 6.13. The van der Waals surface area contributed by atoms with Gasteiger partial charge in [-0.2, -0.15) is 18.4 Å². The number of halogens is 4. The molecule has 2 rings (SSSR count). The number of nitriles is 1. The minimum atomic E-state index is -4.53. The summed E-state index contributed by atoms with van der Waals surface area (Å²) >= 11 is 5.92. The SMILES string of the molecule is CCCC(Oc1cc(Oc2ccc(C(F)(F)F)cc2Cl)ccc1C#N)C(=O)OCC. The van der Waals surface area contributed by atoms with Crippen molar-refractivity contribution in [1.82, 2.24) is 0 Å². The second kappa shape index (κ2) is 10.2. The number of nitrogens with zero attached hydrogens (tertiary/aromatic N) is 1. The van der Waals surface area contributed by atoms with Gasteiger partial charge in [0.2, 0.25) is 0 Å². The summed E-state index contributed by atoms with van der Waals surface area (Å²) in [6.07, 6.45) is -4.42. The highest BCUT2D eigenvalue weighted by Crippen LogP contribution is 2.37. The zero-order chi connectivity index (χ0) is 22.3. The normalized spacial score (nSPS) is 12.0. The van der Waals surface area contributed by atoms with Gasteiger partial charge in [0.15, 0.2) is 6.10 Å². The molecule has 0 heterocycles. The molecule has 160 valence electrons. The Balaban J connectivity index is 2.30. The molecular formula is C21H19ClF3NO4. The quantitative estimate of drug-likeness (QED) is 0.461. The van der Waals surface area contributed by atoms with E-state index >= 15 is 0 Å². The first-order valence-corrected chi connectivity index (χ1v) is 9.49. The Kier molecular flexibility index (Phi) is 7.95. The standard InChI is InChI=1S/C21H19ClF3NO4/c1-3-5-18(20(27)28-4-2)30-19-11-15(8-6-13(19)12-26)29-17-9-7-14(10-16(17)22)21(23,24)25/h6-11,18H,3-5H2,1-2H3. The molecule has 5 nitrogen and oxygen atoms in total. The average molecular weight is 442 g/mol. The maximum atomic E-state index is 12.8. The molecule has 0 bridgehead atoms. The number of benzene rings is 2. The second-order valence-corrected chi connectivity index (χ2v) is 6.57. The van der Waals surface area contributed by atoms with Gasteiger partial charge in [0.1, 0.15) is 23.3 Å². The first kappa shape index (κ1) is 23.4. The molecule has 0 saturated carbocycles. The Morgan fingerprint density at radius 1 is 1.17 bits per heavy atom. The fraction of sp³-hybridized carbons (Fsp3) is 0.333. The van der Waals surface area contributed by atoms with Crippen LogP contribution in [0.5, 0.6) is 17.2 Å². The van der Waals surface area contributed by atoms with Crippen molar-refractivity contribution >= 4 is 17.6 Å². The summed E-state index contributed by atoms with van der Waals surface area (Å²) in [5.41, 5.74) is -0.744. The third kappa shape index (κ3) is 6.04. The molecule has 2 aromatic carbocycles. The van der Waals surface area contributed by atoms with Gasteiger partial charge in [-0.05, 0) is 43.7 Å². The molecule has 0 aliphatic carbocycles. The van der Waals surface area contributed by atoms with E-state index in [2.05, 4.69) is 0 Å². The number of hydrogen-bond donors (Lipinski definition) is 0. The van der Waals surface area contributed by atoms with E-state index in [1.54, 1.807) is 6.92 Å². The van der Waals surface area contributed by atoms with E-state index < -0.39 is 23.8 Å². The zero-order valence-corrected chi connectivity index (χ0v) is 17.0. The maximum Gasteiger partial charge on any atom is 0.416 e. The number of alkyl halides is 3. The molecule has 0 aliphatic heterocycles. The highest BCUT2D eigenvalue weighted by Gasteiger charge is 2.31. The van der Waals surface area contributed by atoms with Crippen LogP contribution in [0.2, 0.25) is 5.02 Å². The minimum Gasteiger partial charge on any atom is -0.477 e. The number of esters is 1. The van der Waals surface area contributed by atoms with E-state index in [0.717, 1.165) is 18.2 Å². The molecule has 0 radical (unpaired) electrons. The van der Waals surface area contributed by atoms with Crippen LogP contribution in [0.15, 0.2) is 36.4 Å². The number of rotatable bonds is 8. The number of carbonyl (C=O) groups excluding carboxylic acids is 1. The summed E-state index contributed by atoms with van der Waals surface area (Å²) in [6.45, 7) is 3.72. The molecule has 1 atom stereocenters. The zero-order valence-electron chi connectivity index (χ0n) is 16.3. The number of hydrogen-bond acceptors (Lipinski definition) is 5. The molecule has 0 fully saturated rings. The van der Waals surface area contributed by atoms with Crippen molar-refractivity contribution < 1.29 is 32.2 Å². The molecule has 1 unspecified atom stereocenters. The average Bonchev–Trinajstić information content (AvgIpc) is 2.69. The summed E-state index contributed by atoms with van der Waals surface area (Å²) < 4.78 is 54.6. The number of carbonyl (C=O) groups is 1. The van der Waals surface area contributed by atoms with Crippen LogP contribution in [-0.4, -0.2) is 18.7 Å². The van der Waals surface area contributed by atoms with Crippen molar-refractivity contribution in [3.05, 3.63) is 52.5 Å². The van der Waals surface area contributed by atoms with E-state index in [-0.39, 0.29) is 34.4 Å². The van der Waals surface area contributed by atoms with Crippen molar-refractivity contribution in [3.8, 4) is 23.3 Å². The molecule has 0 saturated heterocycles. The molecule has 0 amide bonds. The molecule has 0 spiro atoms. The Bertz CT molecular complexity index is 941. The lowest BCUT2D eigenvalue weighted by atomic mass is 10.1. The van der Waals surface area contributed by atoms with E-state index in [1.807, 2.05) is 13.0 Å². The molecule has 0 aliphatic rings. The summed E-state index contributed by atoms with van der Waals surface area (Å²) in [5.74, 6) is -0.300. The molecule has 2 aromatic rings. The summed E-state index contributed by atoms with van der Waals surface area (Å²) in [5, 5.41) is 9.09. The van der Waals surface area contributed by atoms with E-state index in [1.165, 1.54) is 18.2 Å². The van der Waals surface area contributed by atoms with E-state index in [4.69, 9.17) is 25.8 Å². The molecule has 30 heavy (non-hydrogen) atoms. The molecule has 0 N–H and O–H groups in total. The van der Waals surface area contributed by atoms with E-state index in [9.17, 15) is 23.2 Å². The summed E-state index contributed by atoms with van der Waals surface area (Å²) in [6, 6.07) is 8.89. The van der Waals surface area contributed by atoms with Crippen LogP contribution < -0.4 is 9.47 Å². The van der Waals surface area contributed by atoms with Crippen molar-refractivity contribution in [2.45, 2.75) is 39.0 Å². The van der Waals surface area contributed by atoms with Gasteiger partial charge in [-0.25, -0.2) is 4.79 Å². The molecule has 9 heteroatoms. The summed E-state index contributed by atoms with van der Waals surface area (Å²) in [4.78, 5) is 12.1. The summed E-state index contributed by atoms with van der Waals surface area (Å²) in [7, 11) is 0. The maximum absolute atomic E-state index is 12.8. The van der Waals surface area contributed by atoms with Crippen molar-refractivity contribution in [2.75, 3.05) is 6.61 Å². The minimum absolute atomic E-state index is 0.00387. The lowest BCUT2D eigenvalue weighted by Gasteiger charge is -2.18. The van der Waals surface area contributed by atoms with Gasteiger partial charge in [-0.15, -0.1) is 0 Å². The monoisotopic (exact) mass is 441 g/mol. The smallest absolute Gasteiger partial charge is 0.416 e. The first-order valence-electron chi connectivity index (χ1n) is 9.11. The fourth-order valence-electron chi connectivity index (χ4n) is 2.52. The fourth-order valence-corrected chi connectivity index (χ4v) is 2.74. The van der Waals surface area contributed by atoms with Gasteiger partial charge in [0, 0.05) is 6.07 Å². The van der Waals surface area contributed by atoms with Crippen LogP contribution in [0.1, 0.15) is 37.8 Å². The molecular weight excluding hydrogens is 423 g/mol. The van der Waals surface area contributed by atoms with Crippen LogP contribution in [-0.2, 0) is 15.7 Å². The van der Waals surface area contributed by atoms with Crippen LogP contribution in [0, 0.1) is 11.3 Å². The van der Waals surface area contributed by atoms with Gasteiger partial charge in [-0.3, -0.25) is 0 Å². The second-order valence-electron chi connectivity index (χ2n) is 6.16. The van der Waals surface area contributed by atoms with Crippen LogP contribution in [0.4, 0.5) is 13.2 Å². The van der Waals surface area contributed by atoms with Crippen molar-refractivity contribution in [2.24, 2.45) is 0 Å². The van der Waals surface area contributed by atoms with Crippen molar-refractivity contribution in [3.63, 3.8) is 0 Å². The van der Waals surface area contributed by atoms with Crippen molar-refractivity contribution in [1.29, 1.82) is 5.26 Å². The Morgan fingerprint density at radius 2 is 1.90 bits per heavy atom. The third-order valence-corrected chi connectivity index (χ3v) is 4.23. The Labute approximate surface area is 176 Å². The van der Waals surface area contributed by atoms with Crippen LogP contribution in [0.25, 0.3) is 0 Å². The number of ether oxygens (including phenoxy) is 3. The predicted molar refractivity (Wildman–Crippen MR) is 104 cm³/mol. The van der Waals surface area contributed by atoms with Crippen LogP contribution in [0.3, 0.4) is 0 Å².